The zero-order valence-electron chi connectivity index (χ0n) is 11.5. The molecule has 0 fully saturated rings. The van der Waals surface area contributed by atoms with Gasteiger partial charge in [-0.1, -0.05) is 30.3 Å². The van der Waals surface area contributed by atoms with Crippen molar-refractivity contribution in [3.63, 3.8) is 0 Å². The van der Waals surface area contributed by atoms with Gasteiger partial charge in [0.15, 0.2) is 0 Å². The van der Waals surface area contributed by atoms with Gasteiger partial charge in [-0.05, 0) is 36.1 Å². The molecule has 1 aromatic carbocycles. The highest BCUT2D eigenvalue weighted by atomic mass is 15.0. The van der Waals surface area contributed by atoms with Gasteiger partial charge < -0.3 is 10.3 Å². The first-order valence-electron chi connectivity index (χ1n) is 7.05. The van der Waals surface area contributed by atoms with Crippen LogP contribution in [0.5, 0.6) is 0 Å². The summed E-state index contributed by atoms with van der Waals surface area (Å²) < 4.78 is 2.22. The second kappa shape index (κ2) is 5.88. The minimum absolute atomic E-state index is 0.563. The Morgan fingerprint density at radius 2 is 1.90 bits per heavy atom. The molecular weight excluding hydrogens is 246 g/mol. The van der Waals surface area contributed by atoms with Crippen LogP contribution in [-0.4, -0.2) is 9.55 Å². The SMILES string of the molecule is NCc1cn(CCCc2ccccc2)c2ncccc12. The van der Waals surface area contributed by atoms with Gasteiger partial charge in [-0.2, -0.15) is 0 Å². The molecule has 3 nitrogen and oxygen atoms in total. The molecule has 3 heteroatoms. The molecule has 0 atom stereocenters. The maximum Gasteiger partial charge on any atom is 0.140 e. The maximum atomic E-state index is 5.81. The molecule has 3 aromatic rings. The van der Waals surface area contributed by atoms with Crippen molar-refractivity contribution >= 4 is 11.0 Å². The molecule has 2 aromatic heterocycles. The van der Waals surface area contributed by atoms with Crippen molar-refractivity contribution in [2.24, 2.45) is 5.73 Å². The van der Waals surface area contributed by atoms with Crippen LogP contribution >= 0.6 is 0 Å². The standard InChI is InChI=1S/C17H19N3/c18-12-15-13-20(17-16(15)9-4-10-19-17)11-5-8-14-6-2-1-3-7-14/h1-4,6-7,9-10,13H,5,8,11-12,18H2. The predicted octanol–water partition coefficient (Wildman–Crippen LogP) is 3.13. The molecule has 0 aliphatic rings. The Kier molecular flexibility index (Phi) is 3.79. The van der Waals surface area contributed by atoms with Gasteiger partial charge in [-0.25, -0.2) is 4.98 Å². The summed E-state index contributed by atoms with van der Waals surface area (Å²) in [5.74, 6) is 0. The van der Waals surface area contributed by atoms with Gasteiger partial charge in [-0.15, -0.1) is 0 Å². The van der Waals surface area contributed by atoms with Crippen LogP contribution in [0.25, 0.3) is 11.0 Å². The average Bonchev–Trinajstić information content (AvgIpc) is 2.87. The molecule has 20 heavy (non-hydrogen) atoms. The predicted molar refractivity (Wildman–Crippen MR) is 82.4 cm³/mol. The lowest BCUT2D eigenvalue weighted by molar-refractivity contribution is 0.656. The quantitative estimate of drug-likeness (QED) is 0.770. The molecule has 0 aliphatic carbocycles. The summed E-state index contributed by atoms with van der Waals surface area (Å²) >= 11 is 0. The molecule has 102 valence electrons. The highest BCUT2D eigenvalue weighted by Gasteiger charge is 2.07. The lowest BCUT2D eigenvalue weighted by Crippen LogP contribution is -1.99. The molecule has 0 aliphatic heterocycles. The third kappa shape index (κ3) is 2.58. The van der Waals surface area contributed by atoms with Crippen LogP contribution in [0.15, 0.2) is 54.9 Å². The van der Waals surface area contributed by atoms with E-state index in [1.54, 1.807) is 0 Å². The summed E-state index contributed by atoms with van der Waals surface area (Å²) in [5.41, 5.74) is 9.41. The first-order valence-corrected chi connectivity index (χ1v) is 7.05. The second-order valence-corrected chi connectivity index (χ2v) is 5.02. The first-order chi connectivity index (χ1) is 9.88. The fourth-order valence-corrected chi connectivity index (χ4v) is 2.63. The van der Waals surface area contributed by atoms with E-state index in [0.29, 0.717) is 6.54 Å². The van der Waals surface area contributed by atoms with E-state index >= 15 is 0 Å². The number of aromatic nitrogens is 2. The highest BCUT2D eigenvalue weighted by Crippen LogP contribution is 2.19. The van der Waals surface area contributed by atoms with E-state index in [-0.39, 0.29) is 0 Å². The number of benzene rings is 1. The minimum Gasteiger partial charge on any atom is -0.332 e. The molecule has 0 spiro atoms. The van der Waals surface area contributed by atoms with Gasteiger partial charge in [0.25, 0.3) is 0 Å². The van der Waals surface area contributed by atoms with Crippen LogP contribution in [-0.2, 0) is 19.5 Å². The van der Waals surface area contributed by atoms with Gasteiger partial charge in [-0.3, -0.25) is 0 Å². The number of pyridine rings is 1. The number of fused-ring (bicyclic) bond motifs is 1. The van der Waals surface area contributed by atoms with E-state index in [4.69, 9.17) is 5.73 Å². The van der Waals surface area contributed by atoms with Crippen molar-refractivity contribution in [1.82, 2.24) is 9.55 Å². The molecule has 3 rings (SSSR count). The summed E-state index contributed by atoms with van der Waals surface area (Å²) in [4.78, 5) is 4.48. The van der Waals surface area contributed by atoms with Crippen LogP contribution in [0, 0.1) is 0 Å². The van der Waals surface area contributed by atoms with Crippen LogP contribution < -0.4 is 5.73 Å². The van der Waals surface area contributed by atoms with Crippen molar-refractivity contribution in [2.75, 3.05) is 0 Å². The van der Waals surface area contributed by atoms with Gasteiger partial charge in [0.05, 0.1) is 0 Å². The molecular formula is C17H19N3. The fourth-order valence-electron chi connectivity index (χ4n) is 2.63. The summed E-state index contributed by atoms with van der Waals surface area (Å²) in [6.45, 7) is 1.54. The van der Waals surface area contributed by atoms with E-state index in [0.717, 1.165) is 25.0 Å². The molecule has 0 unspecified atom stereocenters. The van der Waals surface area contributed by atoms with E-state index in [9.17, 15) is 0 Å². The molecule has 2 heterocycles. The topological polar surface area (TPSA) is 43.8 Å². The molecule has 0 saturated heterocycles. The third-order valence-corrected chi connectivity index (χ3v) is 3.64. The lowest BCUT2D eigenvalue weighted by atomic mass is 10.1. The maximum absolute atomic E-state index is 5.81. The van der Waals surface area contributed by atoms with E-state index < -0.39 is 0 Å². The van der Waals surface area contributed by atoms with Crippen LogP contribution in [0.4, 0.5) is 0 Å². The highest BCUT2D eigenvalue weighted by molar-refractivity contribution is 5.80. The molecule has 2 N–H and O–H groups in total. The number of rotatable bonds is 5. The molecule has 0 radical (unpaired) electrons. The summed E-state index contributed by atoms with van der Waals surface area (Å²) in [7, 11) is 0. The molecule has 0 amide bonds. The van der Waals surface area contributed by atoms with Crippen LogP contribution in [0.3, 0.4) is 0 Å². The van der Waals surface area contributed by atoms with Gasteiger partial charge in [0, 0.05) is 30.9 Å². The largest absolute Gasteiger partial charge is 0.332 e. The van der Waals surface area contributed by atoms with Crippen molar-refractivity contribution in [1.29, 1.82) is 0 Å². The number of aryl methyl sites for hydroxylation is 2. The fraction of sp³-hybridized carbons (Fsp3) is 0.235. The van der Waals surface area contributed by atoms with E-state index in [1.807, 2.05) is 12.3 Å². The number of hydrogen-bond acceptors (Lipinski definition) is 2. The Balaban J connectivity index is 1.74. The van der Waals surface area contributed by atoms with Crippen LogP contribution in [0.1, 0.15) is 17.5 Å². The number of nitrogens with zero attached hydrogens (tertiary/aromatic N) is 2. The normalized spacial score (nSPS) is 11.1. The van der Waals surface area contributed by atoms with Crippen LogP contribution in [0.2, 0.25) is 0 Å². The van der Waals surface area contributed by atoms with E-state index in [2.05, 4.69) is 52.1 Å². The Hall–Kier alpha value is -2.13. The van der Waals surface area contributed by atoms with Gasteiger partial charge in [0.1, 0.15) is 5.65 Å². The Labute approximate surface area is 119 Å². The summed E-state index contributed by atoms with van der Waals surface area (Å²) in [6, 6.07) is 14.7. The van der Waals surface area contributed by atoms with Crippen molar-refractivity contribution < 1.29 is 0 Å². The molecule has 0 bridgehead atoms. The summed E-state index contributed by atoms with van der Waals surface area (Å²) in [5, 5.41) is 1.18. The zero-order chi connectivity index (χ0) is 13.8. The van der Waals surface area contributed by atoms with Gasteiger partial charge >= 0.3 is 0 Å². The number of nitrogens with two attached hydrogens (primary N) is 1. The third-order valence-electron chi connectivity index (χ3n) is 3.64. The molecule has 0 saturated carbocycles. The van der Waals surface area contributed by atoms with Crippen molar-refractivity contribution in [2.45, 2.75) is 25.9 Å². The average molecular weight is 265 g/mol. The lowest BCUT2D eigenvalue weighted by Gasteiger charge is -2.04. The monoisotopic (exact) mass is 265 g/mol. The Morgan fingerprint density at radius 3 is 2.70 bits per heavy atom. The zero-order valence-corrected chi connectivity index (χ0v) is 11.5. The smallest absolute Gasteiger partial charge is 0.140 e. The minimum atomic E-state index is 0.563. The second-order valence-electron chi connectivity index (χ2n) is 5.02. The Morgan fingerprint density at radius 1 is 1.05 bits per heavy atom. The van der Waals surface area contributed by atoms with Crippen molar-refractivity contribution in [3.8, 4) is 0 Å². The number of hydrogen-bond donors (Lipinski definition) is 1. The first kappa shape index (κ1) is 12.9. The van der Waals surface area contributed by atoms with Crippen molar-refractivity contribution in [3.05, 3.63) is 66.0 Å². The van der Waals surface area contributed by atoms with E-state index in [1.165, 1.54) is 16.5 Å². The Bertz CT molecular complexity index is 686. The summed E-state index contributed by atoms with van der Waals surface area (Å²) in [6.07, 6.45) is 6.18. The van der Waals surface area contributed by atoms with Gasteiger partial charge in [0.2, 0.25) is 0 Å².